The summed E-state index contributed by atoms with van der Waals surface area (Å²) >= 11 is 0. The molecule has 1 aliphatic heterocycles. The molecule has 1 fully saturated rings. The Bertz CT molecular complexity index is 524. The second-order valence-corrected chi connectivity index (χ2v) is 7.38. The highest BCUT2D eigenvalue weighted by Crippen LogP contribution is 2.28. The predicted molar refractivity (Wildman–Crippen MR) is 75.3 cm³/mol. The van der Waals surface area contributed by atoms with E-state index in [1.807, 2.05) is 14.0 Å². The molecule has 19 heavy (non-hydrogen) atoms. The number of hydrogen-bond donors (Lipinski definition) is 2. The van der Waals surface area contributed by atoms with Crippen molar-refractivity contribution in [3.05, 3.63) is 18.0 Å². The van der Waals surface area contributed by atoms with Crippen molar-refractivity contribution in [2.75, 3.05) is 13.6 Å². The van der Waals surface area contributed by atoms with Crippen molar-refractivity contribution in [2.24, 2.45) is 5.92 Å². The average Bonchev–Trinajstić information content (AvgIpc) is 2.78. The van der Waals surface area contributed by atoms with Gasteiger partial charge in [-0.2, -0.15) is 4.31 Å². The van der Waals surface area contributed by atoms with E-state index in [0.717, 1.165) is 18.5 Å². The van der Waals surface area contributed by atoms with Gasteiger partial charge in [-0.3, -0.25) is 0 Å². The summed E-state index contributed by atoms with van der Waals surface area (Å²) in [5.74, 6) is 0.604. The number of aromatic nitrogens is 1. The lowest BCUT2D eigenvalue weighted by molar-refractivity contribution is 0.220. The minimum atomic E-state index is -3.36. The SMILES string of the molecule is CNCc1cc(S(=O)(=O)N2CCC(C)CC2C)c[nH]1. The number of piperidine rings is 1. The molecule has 1 aromatic rings. The van der Waals surface area contributed by atoms with E-state index in [-0.39, 0.29) is 6.04 Å². The maximum Gasteiger partial charge on any atom is 0.244 e. The lowest BCUT2D eigenvalue weighted by Gasteiger charge is -2.35. The highest BCUT2D eigenvalue weighted by Gasteiger charge is 2.33. The molecule has 2 atom stereocenters. The number of hydrogen-bond acceptors (Lipinski definition) is 3. The summed E-state index contributed by atoms with van der Waals surface area (Å²) in [7, 11) is -1.52. The zero-order chi connectivity index (χ0) is 14.0. The molecule has 1 aliphatic rings. The van der Waals surface area contributed by atoms with E-state index in [4.69, 9.17) is 0 Å². The Hall–Kier alpha value is -0.850. The van der Waals surface area contributed by atoms with Crippen LogP contribution in [0.2, 0.25) is 0 Å². The number of aromatic amines is 1. The van der Waals surface area contributed by atoms with Crippen LogP contribution in [0.15, 0.2) is 17.2 Å². The number of nitrogens with one attached hydrogen (secondary N) is 2. The van der Waals surface area contributed by atoms with Crippen molar-refractivity contribution in [3.63, 3.8) is 0 Å². The van der Waals surface area contributed by atoms with Gasteiger partial charge in [0.15, 0.2) is 0 Å². The van der Waals surface area contributed by atoms with E-state index in [1.165, 1.54) is 0 Å². The van der Waals surface area contributed by atoms with Crippen molar-refractivity contribution in [1.82, 2.24) is 14.6 Å². The number of nitrogens with zero attached hydrogens (tertiary/aromatic N) is 1. The van der Waals surface area contributed by atoms with Gasteiger partial charge in [0.2, 0.25) is 10.0 Å². The van der Waals surface area contributed by atoms with Gasteiger partial charge >= 0.3 is 0 Å². The highest BCUT2D eigenvalue weighted by atomic mass is 32.2. The van der Waals surface area contributed by atoms with Gasteiger partial charge in [-0.1, -0.05) is 6.92 Å². The van der Waals surface area contributed by atoms with Crippen LogP contribution < -0.4 is 5.32 Å². The zero-order valence-corrected chi connectivity index (χ0v) is 12.6. The maximum atomic E-state index is 12.6. The van der Waals surface area contributed by atoms with Gasteiger partial charge in [-0.05, 0) is 38.8 Å². The number of H-pyrrole nitrogens is 1. The van der Waals surface area contributed by atoms with Gasteiger partial charge in [0.05, 0.1) is 4.90 Å². The van der Waals surface area contributed by atoms with Crippen molar-refractivity contribution < 1.29 is 8.42 Å². The third kappa shape index (κ3) is 3.01. The van der Waals surface area contributed by atoms with Crippen LogP contribution in [0.3, 0.4) is 0 Å². The summed E-state index contributed by atoms with van der Waals surface area (Å²) in [6.07, 6.45) is 3.47. The van der Waals surface area contributed by atoms with Crippen molar-refractivity contribution >= 4 is 10.0 Å². The van der Waals surface area contributed by atoms with Crippen LogP contribution in [0.1, 0.15) is 32.4 Å². The molecular formula is C13H23N3O2S. The molecule has 6 heteroatoms. The molecule has 0 bridgehead atoms. The summed E-state index contributed by atoms with van der Waals surface area (Å²) in [5, 5.41) is 3.00. The Labute approximate surface area is 115 Å². The molecule has 1 aromatic heterocycles. The Balaban J connectivity index is 2.21. The predicted octanol–water partition coefficient (Wildman–Crippen LogP) is 1.54. The fourth-order valence-electron chi connectivity index (χ4n) is 2.74. The molecule has 0 aliphatic carbocycles. The normalized spacial score (nSPS) is 25.6. The third-order valence-corrected chi connectivity index (χ3v) is 5.76. The number of sulfonamides is 1. The second-order valence-electron chi connectivity index (χ2n) is 5.49. The zero-order valence-electron chi connectivity index (χ0n) is 11.8. The third-order valence-electron chi connectivity index (χ3n) is 3.77. The smallest absolute Gasteiger partial charge is 0.244 e. The Morgan fingerprint density at radius 2 is 2.21 bits per heavy atom. The fraction of sp³-hybridized carbons (Fsp3) is 0.692. The average molecular weight is 285 g/mol. The first-order valence-corrected chi connectivity index (χ1v) is 8.23. The maximum absolute atomic E-state index is 12.6. The molecule has 2 N–H and O–H groups in total. The van der Waals surface area contributed by atoms with Crippen LogP contribution in [0.4, 0.5) is 0 Å². The van der Waals surface area contributed by atoms with Crippen LogP contribution >= 0.6 is 0 Å². The summed E-state index contributed by atoms with van der Waals surface area (Å²) in [6.45, 7) is 5.44. The molecule has 5 nitrogen and oxygen atoms in total. The van der Waals surface area contributed by atoms with E-state index >= 15 is 0 Å². The minimum Gasteiger partial charge on any atom is -0.363 e. The minimum absolute atomic E-state index is 0.0800. The summed E-state index contributed by atoms with van der Waals surface area (Å²) in [6, 6.07) is 1.80. The molecule has 2 unspecified atom stereocenters. The Morgan fingerprint density at radius 3 is 2.84 bits per heavy atom. The summed E-state index contributed by atoms with van der Waals surface area (Å²) in [5.41, 5.74) is 0.888. The van der Waals surface area contributed by atoms with E-state index in [0.29, 0.717) is 23.9 Å². The molecule has 2 rings (SSSR count). The van der Waals surface area contributed by atoms with Crippen molar-refractivity contribution in [1.29, 1.82) is 0 Å². The van der Waals surface area contributed by atoms with Crippen LogP contribution in [0.5, 0.6) is 0 Å². The van der Waals surface area contributed by atoms with Gasteiger partial charge in [0.25, 0.3) is 0 Å². The molecule has 0 saturated carbocycles. The van der Waals surface area contributed by atoms with Gasteiger partial charge < -0.3 is 10.3 Å². The Morgan fingerprint density at radius 1 is 1.47 bits per heavy atom. The van der Waals surface area contributed by atoms with Gasteiger partial charge in [0.1, 0.15) is 0 Å². The second kappa shape index (κ2) is 5.64. The van der Waals surface area contributed by atoms with Gasteiger partial charge in [-0.15, -0.1) is 0 Å². The molecule has 0 radical (unpaired) electrons. The van der Waals surface area contributed by atoms with E-state index in [2.05, 4.69) is 17.2 Å². The monoisotopic (exact) mass is 285 g/mol. The Kier molecular flexibility index (Phi) is 4.32. The molecule has 0 spiro atoms. The van der Waals surface area contributed by atoms with E-state index in [1.54, 1.807) is 16.6 Å². The van der Waals surface area contributed by atoms with Gasteiger partial charge in [0, 0.05) is 31.0 Å². The van der Waals surface area contributed by atoms with Crippen molar-refractivity contribution in [2.45, 2.75) is 44.2 Å². The molecule has 0 aromatic carbocycles. The highest BCUT2D eigenvalue weighted by molar-refractivity contribution is 7.89. The standard InChI is InChI=1S/C13H23N3O2S/c1-10-4-5-16(11(2)6-10)19(17,18)13-7-12(8-14-3)15-9-13/h7,9-11,14-15H,4-6,8H2,1-3H3. The van der Waals surface area contributed by atoms with Gasteiger partial charge in [-0.25, -0.2) is 8.42 Å². The lowest BCUT2D eigenvalue weighted by atomic mass is 9.95. The molecular weight excluding hydrogens is 262 g/mol. The van der Waals surface area contributed by atoms with Crippen LogP contribution in [0, 0.1) is 5.92 Å². The topological polar surface area (TPSA) is 65.2 Å². The first kappa shape index (κ1) is 14.6. The van der Waals surface area contributed by atoms with Crippen LogP contribution in [-0.2, 0) is 16.6 Å². The molecule has 2 heterocycles. The fourth-order valence-corrected chi connectivity index (χ4v) is 4.41. The molecule has 108 valence electrons. The van der Waals surface area contributed by atoms with Crippen molar-refractivity contribution in [3.8, 4) is 0 Å². The van der Waals surface area contributed by atoms with E-state index < -0.39 is 10.0 Å². The van der Waals surface area contributed by atoms with E-state index in [9.17, 15) is 8.42 Å². The summed E-state index contributed by atoms with van der Waals surface area (Å²) < 4.78 is 26.9. The van der Waals surface area contributed by atoms with Crippen LogP contribution in [-0.4, -0.2) is 37.3 Å². The molecule has 0 amide bonds. The quantitative estimate of drug-likeness (QED) is 0.882. The lowest BCUT2D eigenvalue weighted by Crippen LogP contribution is -2.43. The van der Waals surface area contributed by atoms with Crippen LogP contribution in [0.25, 0.3) is 0 Å². The first-order valence-electron chi connectivity index (χ1n) is 6.79. The summed E-state index contributed by atoms with van der Waals surface area (Å²) in [4.78, 5) is 3.38. The number of rotatable bonds is 4. The molecule has 1 saturated heterocycles. The largest absolute Gasteiger partial charge is 0.363 e. The first-order chi connectivity index (χ1) is 8.95.